The first-order chi connectivity index (χ1) is 61.5. The van der Waals surface area contributed by atoms with E-state index < -0.39 is 228 Å². The zero-order valence-electron chi connectivity index (χ0n) is 73.9. The fraction of sp³-hybridized carbons (Fsp3) is 0.522. The highest BCUT2D eigenvalue weighted by Gasteiger charge is 2.46. The Hall–Kier alpha value is -12.6. The summed E-state index contributed by atoms with van der Waals surface area (Å²) in [4.78, 5) is 258. The van der Waals surface area contributed by atoms with Crippen LogP contribution in [0.4, 0.5) is 4.39 Å². The van der Waals surface area contributed by atoms with E-state index in [1.54, 1.807) is 74.6 Å². The topological polar surface area (TPSA) is 549 Å². The number of primary amides is 2. The number of hydrogen-bond donors (Lipinski definition) is 15. The van der Waals surface area contributed by atoms with Gasteiger partial charge in [-0.05, 0) is 129 Å². The fourth-order valence-corrected chi connectivity index (χ4v) is 16.9. The Morgan fingerprint density at radius 3 is 1.67 bits per heavy atom. The minimum Gasteiger partial charge on any atom is -0.508 e. The van der Waals surface area contributed by atoms with E-state index in [4.69, 9.17) is 17.2 Å². The van der Waals surface area contributed by atoms with Crippen LogP contribution in [0.1, 0.15) is 153 Å². The van der Waals surface area contributed by atoms with Crippen LogP contribution in [0.5, 0.6) is 5.75 Å². The highest BCUT2D eigenvalue weighted by atomic mass is 32.2. The largest absolute Gasteiger partial charge is 0.508 e. The molecule has 0 saturated carbocycles. The minimum absolute atomic E-state index is 0.00136. The molecule has 8 rings (SSSR count). The molecule has 4 heterocycles. The number of carbonyl (C=O) groups excluding carboxylic acids is 16. The maximum atomic E-state index is 15.7. The van der Waals surface area contributed by atoms with Crippen molar-refractivity contribution in [2.24, 2.45) is 23.1 Å². The van der Waals surface area contributed by atoms with Gasteiger partial charge >= 0.3 is 5.97 Å². The third kappa shape index (κ3) is 29.5. The number of unbranched alkanes of at least 4 members (excludes halogenated alkanes) is 2. The average Bonchev–Trinajstić information content (AvgIpc) is 1.69. The zero-order chi connectivity index (χ0) is 94.3. The highest BCUT2D eigenvalue weighted by Crippen LogP contribution is 2.28. The number of hydrogen-bond acceptors (Lipinski definition) is 20. The van der Waals surface area contributed by atoms with Crippen LogP contribution >= 0.6 is 11.8 Å². The number of aromatic nitrogens is 1. The SMILES string of the molecule is CCCC[C@H]1C(=O)N[C@@H](CCC(N)=O)C(=O)N2CCCC[C@@H]2C(=O)N[C@@H](Cc2c[nH]c3ccccc23)C(=O)N[C@@H](Cc2ccc(O)cc2)C(=O)N[C@@H](CCCN)C(=O)N[C@H](C(=O)NCC(N)=O)CSCC(=O)N[C@@H](Cc2ccc(F)cc2)C(=O)N(C)[C@@H](Cc2ccccc2)C(=O)N(C)[C@@H](CCCC)C(=O)N2CCC[C@@H]2C(=O)N[C@@H](CC(=O)O)C(=O)N[C@@H](C(C)C)C(=O)N1C. The van der Waals surface area contributed by atoms with Crippen molar-refractivity contribution >= 4 is 123 Å². The van der Waals surface area contributed by atoms with E-state index in [0.29, 0.717) is 71.7 Å². The Morgan fingerprint density at radius 2 is 1.05 bits per heavy atom. The fourth-order valence-electron chi connectivity index (χ4n) is 16.1. The number of thioether (sulfide) groups is 1. The van der Waals surface area contributed by atoms with Crippen molar-refractivity contribution < 1.29 is 96.1 Å². The van der Waals surface area contributed by atoms with Crippen molar-refractivity contribution in [1.29, 1.82) is 0 Å². The molecule has 5 aromatic rings. The summed E-state index contributed by atoms with van der Waals surface area (Å²) in [6.07, 6.45) is 1.10. The summed E-state index contributed by atoms with van der Waals surface area (Å²) in [6, 6.07) is 6.37. The molecule has 700 valence electrons. The van der Waals surface area contributed by atoms with Gasteiger partial charge in [0.15, 0.2) is 0 Å². The molecule has 0 unspecified atom stereocenters. The number of aliphatic carboxylic acids is 1. The number of para-hydroxylation sites is 1. The van der Waals surface area contributed by atoms with Crippen LogP contribution in [-0.2, 0) is 107 Å². The van der Waals surface area contributed by atoms with Crippen molar-refractivity contribution in [2.75, 3.05) is 58.8 Å². The number of amides is 16. The standard InChI is InChI=1S/C90H123FN18O19S/c1-8-10-26-68-83(121)99-62(38-39-73(93)111)87(125)108-41-18-17-28-69(108)84(122)101-64(46-56-48-95-60-24-16-15-23-59(56)60)81(119)100-63(43-55-32-36-58(110)37-33-55)80(118)98-61(25-19-40-92)79(117)103-67(78(116)96-49-74(94)112)50-129-51-75(113)97-66(44-54-30-34-57(91)35-31-54)86(124)107(7)72(45-53-21-13-12-14-22-53)88(126)106(6)71(27-11-9-2)89(127)109-42-20-29-70(109)85(123)102-65(47-76(114)115)82(120)104-77(52(3)4)90(128)105(68)5/h12-16,21-24,30-37,48,52,61-72,77,95,110H,8-11,17-20,25-29,38-47,49-51,92H2,1-7H3,(H2,93,111)(H2,94,112)(H,96,116)(H,97,113)(H,98,118)(H,99,121)(H,100,119)(H,101,122)(H,102,123)(H,103,117)(H,104,120)(H,114,115)/t61-,62-,63-,64-,65-,66-,67-,68-,69+,70+,71-,72-,77-/m0/s1. The van der Waals surface area contributed by atoms with Crippen LogP contribution in [0.3, 0.4) is 0 Å². The summed E-state index contributed by atoms with van der Waals surface area (Å²) in [5.74, 6) is -18.6. The van der Waals surface area contributed by atoms with Crippen LogP contribution in [0.25, 0.3) is 10.9 Å². The molecular formula is C90H123FN18O19S. The van der Waals surface area contributed by atoms with Gasteiger partial charge in [-0.1, -0.05) is 126 Å². The van der Waals surface area contributed by atoms with Crippen molar-refractivity contribution in [3.63, 3.8) is 0 Å². The number of carbonyl (C=O) groups is 17. The van der Waals surface area contributed by atoms with E-state index in [1.165, 1.54) is 72.2 Å². The summed E-state index contributed by atoms with van der Waals surface area (Å²) in [5.41, 5.74) is 19.6. The Bertz CT molecular complexity index is 4780. The highest BCUT2D eigenvalue weighted by molar-refractivity contribution is 8.00. The molecule has 3 fully saturated rings. The summed E-state index contributed by atoms with van der Waals surface area (Å²) in [7, 11) is 3.98. The third-order valence-electron chi connectivity index (χ3n) is 23.4. The molecule has 3 aliphatic rings. The van der Waals surface area contributed by atoms with E-state index in [2.05, 4.69) is 52.8 Å². The van der Waals surface area contributed by atoms with Crippen LogP contribution in [0.2, 0.25) is 0 Å². The number of nitrogens with two attached hydrogens (primary N) is 3. The number of likely N-dealkylation sites (N-methyl/N-ethyl adjacent to an activating group) is 3. The van der Waals surface area contributed by atoms with E-state index in [1.807, 2.05) is 13.8 Å². The normalized spacial score (nSPS) is 24.0. The summed E-state index contributed by atoms with van der Waals surface area (Å²) in [5, 5.41) is 45.3. The first-order valence-electron chi connectivity index (χ1n) is 43.8. The number of nitrogens with one attached hydrogen (secondary N) is 10. The number of piperidine rings is 1. The first-order valence-corrected chi connectivity index (χ1v) is 45.0. The minimum atomic E-state index is -1.90. The molecule has 129 heavy (non-hydrogen) atoms. The third-order valence-corrected chi connectivity index (χ3v) is 24.4. The molecule has 1 aromatic heterocycles. The van der Waals surface area contributed by atoms with E-state index >= 15 is 43.2 Å². The van der Waals surface area contributed by atoms with Gasteiger partial charge in [0, 0.05) is 89.2 Å². The quantitative estimate of drug-likeness (QED) is 0.0365. The maximum Gasteiger partial charge on any atom is 0.305 e. The van der Waals surface area contributed by atoms with Crippen LogP contribution < -0.4 is 65.1 Å². The molecule has 13 atom stereocenters. The molecule has 37 nitrogen and oxygen atoms in total. The van der Waals surface area contributed by atoms with Crippen molar-refractivity contribution in [2.45, 2.75) is 235 Å². The molecule has 18 N–H and O–H groups in total. The number of benzene rings is 4. The second-order valence-corrected chi connectivity index (χ2v) is 34.3. The predicted molar refractivity (Wildman–Crippen MR) is 476 cm³/mol. The monoisotopic (exact) mass is 1810 g/mol. The molecule has 3 saturated heterocycles. The summed E-state index contributed by atoms with van der Waals surface area (Å²) < 4.78 is 14.6. The van der Waals surface area contributed by atoms with Gasteiger partial charge in [0.2, 0.25) is 94.5 Å². The molecule has 0 spiro atoms. The lowest BCUT2D eigenvalue weighted by Crippen LogP contribution is -2.62. The number of phenolic OH excluding ortho intramolecular Hbond substituents is 1. The van der Waals surface area contributed by atoms with E-state index in [0.717, 1.165) is 33.7 Å². The Balaban J connectivity index is 1.22. The van der Waals surface area contributed by atoms with Gasteiger partial charge < -0.3 is 105 Å². The lowest BCUT2D eigenvalue weighted by Gasteiger charge is -2.38. The number of aromatic hydroxyl groups is 1. The molecule has 3 aliphatic heterocycles. The number of halogens is 1. The Kier molecular flexibility index (Phi) is 39.2. The molecular weight excluding hydrogens is 1690 g/mol. The van der Waals surface area contributed by atoms with Gasteiger partial charge in [0.1, 0.15) is 90.1 Å². The average molecular weight is 1810 g/mol. The zero-order valence-corrected chi connectivity index (χ0v) is 74.8. The van der Waals surface area contributed by atoms with Crippen molar-refractivity contribution in [3.05, 3.63) is 137 Å². The van der Waals surface area contributed by atoms with Gasteiger partial charge in [0.05, 0.1) is 18.7 Å². The first kappa shape index (κ1) is 102. The van der Waals surface area contributed by atoms with Crippen molar-refractivity contribution in [1.82, 2.24) is 77.3 Å². The van der Waals surface area contributed by atoms with Gasteiger partial charge in [-0.3, -0.25) is 81.5 Å². The number of carboxylic acid groups (broad SMARTS) is 1. The number of H-pyrrole nitrogens is 1. The molecule has 0 bridgehead atoms. The summed E-state index contributed by atoms with van der Waals surface area (Å²) in [6.45, 7) is 5.91. The molecule has 0 radical (unpaired) electrons. The molecule has 4 aromatic carbocycles. The molecule has 0 aliphatic carbocycles. The summed E-state index contributed by atoms with van der Waals surface area (Å²) >= 11 is 0.774. The number of phenols is 1. The van der Waals surface area contributed by atoms with E-state index in [9.17, 15) is 53.0 Å². The van der Waals surface area contributed by atoms with Crippen molar-refractivity contribution in [3.8, 4) is 5.75 Å². The smallest absolute Gasteiger partial charge is 0.305 e. The van der Waals surface area contributed by atoms with Gasteiger partial charge in [-0.2, -0.15) is 0 Å². The Labute approximate surface area is 752 Å². The number of rotatable bonds is 26. The number of fused-ring (bicyclic) bond motifs is 3. The van der Waals surface area contributed by atoms with Gasteiger partial charge in [-0.15, -0.1) is 11.8 Å². The molecule has 39 heteroatoms. The number of carboxylic acids is 1. The lowest BCUT2D eigenvalue weighted by atomic mass is 9.97. The second-order valence-electron chi connectivity index (χ2n) is 33.3. The van der Waals surface area contributed by atoms with E-state index in [-0.39, 0.29) is 96.0 Å². The van der Waals surface area contributed by atoms with Gasteiger partial charge in [-0.25, -0.2) is 4.39 Å². The van der Waals surface area contributed by atoms with Crippen LogP contribution in [0, 0.1) is 11.7 Å². The van der Waals surface area contributed by atoms with Gasteiger partial charge in [0.25, 0.3) is 0 Å². The number of nitrogens with zero attached hydrogens (tertiary/aromatic N) is 5. The Morgan fingerprint density at radius 1 is 0.512 bits per heavy atom. The number of aromatic amines is 1. The van der Waals surface area contributed by atoms with Crippen LogP contribution in [0.15, 0.2) is 109 Å². The second kappa shape index (κ2) is 49.7. The maximum absolute atomic E-state index is 15.7. The lowest BCUT2D eigenvalue weighted by molar-refractivity contribution is -0.152. The van der Waals surface area contributed by atoms with Crippen LogP contribution in [-0.4, -0.2) is 278 Å². The predicted octanol–water partition coefficient (Wildman–Crippen LogP) is 0.878. The molecule has 16 amide bonds.